The molecule has 0 aliphatic heterocycles. The number of carbonyl (C=O) groups is 2. The summed E-state index contributed by atoms with van der Waals surface area (Å²) in [5.41, 5.74) is 1.28. The van der Waals surface area contributed by atoms with Gasteiger partial charge in [0, 0.05) is 11.8 Å². The van der Waals surface area contributed by atoms with Crippen LogP contribution in [0.4, 0.5) is 11.4 Å². The van der Waals surface area contributed by atoms with Crippen molar-refractivity contribution in [3.8, 4) is 0 Å². The molecular weight excluding hydrogens is 348 g/mol. The van der Waals surface area contributed by atoms with Crippen molar-refractivity contribution >= 4 is 34.9 Å². The Bertz CT molecular complexity index is 805. The number of rotatable bonds is 6. The Kier molecular flexibility index (Phi) is 6.08. The minimum Gasteiger partial charge on any atom is -0.452 e. The summed E-state index contributed by atoms with van der Waals surface area (Å²) in [5, 5.41) is 13.2. The van der Waals surface area contributed by atoms with Crippen molar-refractivity contribution in [3.05, 3.63) is 68.7 Å². The zero-order chi connectivity index (χ0) is 18.4. The number of aryl methyl sites for hydroxylation is 1. The van der Waals surface area contributed by atoms with Gasteiger partial charge in [0.25, 0.3) is 11.6 Å². The molecule has 0 unspecified atom stereocenters. The normalized spacial score (nSPS) is 10.2. The number of amides is 1. The summed E-state index contributed by atoms with van der Waals surface area (Å²) in [6, 6.07) is 10.7. The predicted molar refractivity (Wildman–Crippen MR) is 92.8 cm³/mol. The fourth-order valence-corrected chi connectivity index (χ4v) is 2.20. The van der Waals surface area contributed by atoms with E-state index in [1.807, 2.05) is 19.1 Å². The second kappa shape index (κ2) is 8.25. The summed E-state index contributed by atoms with van der Waals surface area (Å²) in [6.07, 6.45) is 0.852. The fourth-order valence-electron chi connectivity index (χ4n) is 2.02. The van der Waals surface area contributed by atoms with E-state index in [0.717, 1.165) is 18.1 Å². The van der Waals surface area contributed by atoms with Crippen LogP contribution in [0.25, 0.3) is 0 Å². The lowest BCUT2D eigenvalue weighted by molar-refractivity contribution is -0.384. The standard InChI is InChI=1S/C17H15ClN2O5/c1-2-11-3-5-12(6-4-11)17(22)25-10-16(21)19-13-7-8-14(18)15(9-13)20(23)24/h3-9H,2,10H2,1H3,(H,19,21). The third kappa shape index (κ3) is 5.02. The van der Waals surface area contributed by atoms with Gasteiger partial charge in [-0.25, -0.2) is 4.79 Å². The van der Waals surface area contributed by atoms with Crippen LogP contribution in [0.2, 0.25) is 5.02 Å². The van der Waals surface area contributed by atoms with Gasteiger partial charge in [-0.3, -0.25) is 14.9 Å². The summed E-state index contributed by atoms with van der Waals surface area (Å²) >= 11 is 5.70. The molecule has 0 saturated carbocycles. The molecule has 0 aromatic heterocycles. The van der Waals surface area contributed by atoms with E-state index < -0.39 is 23.4 Å². The SMILES string of the molecule is CCc1ccc(C(=O)OCC(=O)Nc2ccc(Cl)c([N+](=O)[O-])c2)cc1. The van der Waals surface area contributed by atoms with Crippen LogP contribution >= 0.6 is 11.6 Å². The zero-order valence-corrected chi connectivity index (χ0v) is 14.1. The number of carbonyl (C=O) groups excluding carboxylic acids is 2. The lowest BCUT2D eigenvalue weighted by Gasteiger charge is -2.07. The molecule has 8 heteroatoms. The average molecular weight is 363 g/mol. The van der Waals surface area contributed by atoms with Crippen molar-refractivity contribution < 1.29 is 19.2 Å². The Morgan fingerprint density at radius 3 is 2.48 bits per heavy atom. The molecule has 0 bridgehead atoms. The molecule has 2 aromatic carbocycles. The van der Waals surface area contributed by atoms with Crippen LogP contribution in [-0.2, 0) is 16.0 Å². The van der Waals surface area contributed by atoms with Gasteiger partial charge < -0.3 is 10.1 Å². The van der Waals surface area contributed by atoms with Crippen molar-refractivity contribution in [1.82, 2.24) is 0 Å². The second-order valence-corrected chi connectivity index (χ2v) is 5.51. The van der Waals surface area contributed by atoms with Crippen LogP contribution in [0.1, 0.15) is 22.8 Å². The maximum absolute atomic E-state index is 11.9. The molecule has 0 atom stereocenters. The Morgan fingerprint density at radius 1 is 1.20 bits per heavy atom. The number of hydrogen-bond donors (Lipinski definition) is 1. The van der Waals surface area contributed by atoms with E-state index in [1.165, 1.54) is 12.1 Å². The first kappa shape index (κ1) is 18.4. The monoisotopic (exact) mass is 362 g/mol. The van der Waals surface area contributed by atoms with Gasteiger partial charge in [0.15, 0.2) is 6.61 Å². The third-order valence-electron chi connectivity index (χ3n) is 3.36. The van der Waals surface area contributed by atoms with Crippen molar-refractivity contribution in [2.75, 3.05) is 11.9 Å². The molecule has 0 fully saturated rings. The second-order valence-electron chi connectivity index (χ2n) is 5.10. The molecule has 2 aromatic rings. The molecule has 0 aliphatic carbocycles. The van der Waals surface area contributed by atoms with Crippen molar-refractivity contribution in [1.29, 1.82) is 0 Å². The molecule has 130 valence electrons. The molecule has 1 N–H and O–H groups in total. The molecule has 0 saturated heterocycles. The first-order valence-corrected chi connectivity index (χ1v) is 7.78. The van der Waals surface area contributed by atoms with Gasteiger partial charge in [-0.05, 0) is 36.2 Å². The van der Waals surface area contributed by atoms with Crippen LogP contribution in [0, 0.1) is 10.1 Å². The molecule has 0 radical (unpaired) electrons. The number of nitro benzene ring substituents is 1. The fraction of sp³-hybridized carbons (Fsp3) is 0.176. The lowest BCUT2D eigenvalue weighted by Crippen LogP contribution is -2.21. The third-order valence-corrected chi connectivity index (χ3v) is 3.68. The van der Waals surface area contributed by atoms with Gasteiger partial charge in [-0.2, -0.15) is 0 Å². The number of ether oxygens (including phenoxy) is 1. The van der Waals surface area contributed by atoms with Crippen molar-refractivity contribution in [2.24, 2.45) is 0 Å². The molecule has 25 heavy (non-hydrogen) atoms. The van der Waals surface area contributed by atoms with Gasteiger partial charge in [-0.1, -0.05) is 30.7 Å². The number of nitrogens with one attached hydrogen (secondary N) is 1. The Labute approximate surface area is 148 Å². The summed E-state index contributed by atoms with van der Waals surface area (Å²) in [7, 11) is 0. The van der Waals surface area contributed by atoms with E-state index in [9.17, 15) is 19.7 Å². The summed E-state index contributed by atoms with van der Waals surface area (Å²) in [4.78, 5) is 33.9. The molecule has 7 nitrogen and oxygen atoms in total. The van der Waals surface area contributed by atoms with Crippen LogP contribution in [-0.4, -0.2) is 23.4 Å². The number of esters is 1. The minimum absolute atomic E-state index is 0.0371. The topological polar surface area (TPSA) is 98.5 Å². The average Bonchev–Trinajstić information content (AvgIpc) is 2.61. The smallest absolute Gasteiger partial charge is 0.338 e. The van der Waals surface area contributed by atoms with Crippen LogP contribution in [0.15, 0.2) is 42.5 Å². The number of hydrogen-bond acceptors (Lipinski definition) is 5. The largest absolute Gasteiger partial charge is 0.452 e. The van der Waals surface area contributed by atoms with Gasteiger partial charge in [-0.15, -0.1) is 0 Å². The highest BCUT2D eigenvalue weighted by Gasteiger charge is 2.15. The van der Waals surface area contributed by atoms with Gasteiger partial charge >= 0.3 is 5.97 Å². The molecule has 2 rings (SSSR count). The van der Waals surface area contributed by atoms with Crippen molar-refractivity contribution in [3.63, 3.8) is 0 Å². The van der Waals surface area contributed by atoms with Gasteiger partial charge in [0.05, 0.1) is 10.5 Å². The number of anilines is 1. The lowest BCUT2D eigenvalue weighted by atomic mass is 10.1. The first-order chi connectivity index (χ1) is 11.9. The Morgan fingerprint density at radius 2 is 1.88 bits per heavy atom. The number of nitro groups is 1. The number of benzene rings is 2. The van der Waals surface area contributed by atoms with Gasteiger partial charge in [0.1, 0.15) is 5.02 Å². The van der Waals surface area contributed by atoms with E-state index in [1.54, 1.807) is 12.1 Å². The quantitative estimate of drug-likeness (QED) is 0.481. The predicted octanol–water partition coefficient (Wildman–Crippen LogP) is 3.61. The Balaban J connectivity index is 1.93. The van der Waals surface area contributed by atoms with Crippen LogP contribution in [0.3, 0.4) is 0 Å². The highest BCUT2D eigenvalue weighted by atomic mass is 35.5. The highest BCUT2D eigenvalue weighted by molar-refractivity contribution is 6.32. The molecule has 1 amide bonds. The van der Waals surface area contributed by atoms with E-state index in [2.05, 4.69) is 5.32 Å². The summed E-state index contributed by atoms with van der Waals surface area (Å²) in [5.74, 6) is -1.24. The van der Waals surface area contributed by atoms with E-state index in [4.69, 9.17) is 16.3 Å². The van der Waals surface area contributed by atoms with E-state index in [-0.39, 0.29) is 16.4 Å². The van der Waals surface area contributed by atoms with Crippen LogP contribution in [0.5, 0.6) is 0 Å². The van der Waals surface area contributed by atoms with Crippen molar-refractivity contribution in [2.45, 2.75) is 13.3 Å². The minimum atomic E-state index is -0.655. The summed E-state index contributed by atoms with van der Waals surface area (Å²) < 4.78 is 4.93. The summed E-state index contributed by atoms with van der Waals surface area (Å²) in [6.45, 7) is 1.49. The van der Waals surface area contributed by atoms with E-state index >= 15 is 0 Å². The molecule has 0 aliphatic rings. The molecular formula is C17H15ClN2O5. The first-order valence-electron chi connectivity index (χ1n) is 7.40. The van der Waals surface area contributed by atoms with Crippen LogP contribution < -0.4 is 5.32 Å². The van der Waals surface area contributed by atoms with Gasteiger partial charge in [0.2, 0.25) is 0 Å². The maximum atomic E-state index is 11.9. The Hall–Kier alpha value is -2.93. The highest BCUT2D eigenvalue weighted by Crippen LogP contribution is 2.27. The molecule has 0 heterocycles. The zero-order valence-electron chi connectivity index (χ0n) is 13.3. The number of nitrogens with zero attached hydrogens (tertiary/aromatic N) is 1. The maximum Gasteiger partial charge on any atom is 0.338 e. The molecule has 0 spiro atoms. The number of halogens is 1. The van der Waals surface area contributed by atoms with E-state index in [0.29, 0.717) is 5.56 Å².